The number of phenolic OH excluding ortho intramolecular Hbond substituents is 1. The number of nitrogens with zero attached hydrogens (tertiary/aromatic N) is 1. The van der Waals surface area contributed by atoms with Crippen LogP contribution in [0, 0.1) is 0 Å². The molecule has 2 rings (SSSR count). The molecule has 0 amide bonds. The normalized spacial score (nSPS) is 23.5. The third-order valence-electron chi connectivity index (χ3n) is 2.69. The van der Waals surface area contributed by atoms with Crippen LogP contribution in [0.5, 0.6) is 5.75 Å². The molecular formula is C13H18N2O2. The van der Waals surface area contributed by atoms with Crippen LogP contribution in [0.25, 0.3) is 0 Å². The number of nitrogens with one attached hydrogen (secondary N) is 1. The zero-order valence-electron chi connectivity index (χ0n) is 10.1. The zero-order valence-corrected chi connectivity index (χ0v) is 10.1. The molecule has 1 aromatic carbocycles. The van der Waals surface area contributed by atoms with Crippen LogP contribution < -0.4 is 5.32 Å². The van der Waals surface area contributed by atoms with Crippen LogP contribution in [-0.2, 0) is 4.79 Å². The van der Waals surface area contributed by atoms with Gasteiger partial charge in [0.1, 0.15) is 18.1 Å². The summed E-state index contributed by atoms with van der Waals surface area (Å²) in [4.78, 5) is 12.4. The predicted octanol–water partition coefficient (Wildman–Crippen LogP) is 1.34. The Hall–Kier alpha value is -1.81. The first-order valence-corrected chi connectivity index (χ1v) is 5.43. The maximum atomic E-state index is 10.4. The van der Waals surface area contributed by atoms with Crippen LogP contribution in [0.15, 0.2) is 42.6 Å². The highest BCUT2D eigenvalue weighted by atomic mass is 16.3. The van der Waals surface area contributed by atoms with Gasteiger partial charge in [0, 0.05) is 5.70 Å². The van der Waals surface area contributed by atoms with Crippen molar-refractivity contribution in [2.24, 2.45) is 0 Å². The molecule has 0 spiro atoms. The second-order valence-electron chi connectivity index (χ2n) is 3.93. The smallest absolute Gasteiger partial charge is 0.143 e. The number of para-hydroxylation sites is 1. The van der Waals surface area contributed by atoms with Gasteiger partial charge in [-0.1, -0.05) is 24.8 Å². The Labute approximate surface area is 102 Å². The standard InChI is InChI=1S/C7H12N2O.C6H6O/c1-5-7(4-10)9(3)6(2)8-5;7-6-4-2-1-3-5-6/h4,6-8H,1H2,2-3H3;1-5,7H. The fourth-order valence-corrected chi connectivity index (χ4v) is 1.55. The van der Waals surface area contributed by atoms with E-state index in [0.29, 0.717) is 5.75 Å². The summed E-state index contributed by atoms with van der Waals surface area (Å²) in [6, 6.07) is 8.57. The Morgan fingerprint density at radius 3 is 2.24 bits per heavy atom. The largest absolute Gasteiger partial charge is 0.508 e. The van der Waals surface area contributed by atoms with Gasteiger partial charge in [-0.25, -0.2) is 0 Å². The lowest BCUT2D eigenvalue weighted by Crippen LogP contribution is -2.33. The molecule has 0 radical (unpaired) electrons. The van der Waals surface area contributed by atoms with Gasteiger partial charge >= 0.3 is 0 Å². The molecule has 0 saturated carbocycles. The van der Waals surface area contributed by atoms with E-state index in [2.05, 4.69) is 11.9 Å². The lowest BCUT2D eigenvalue weighted by molar-refractivity contribution is -0.110. The van der Waals surface area contributed by atoms with Crippen molar-refractivity contribution in [1.82, 2.24) is 10.2 Å². The van der Waals surface area contributed by atoms with Crippen molar-refractivity contribution in [3.8, 4) is 5.75 Å². The molecule has 4 heteroatoms. The van der Waals surface area contributed by atoms with E-state index >= 15 is 0 Å². The molecule has 17 heavy (non-hydrogen) atoms. The van der Waals surface area contributed by atoms with Gasteiger partial charge in [-0.15, -0.1) is 0 Å². The van der Waals surface area contributed by atoms with Crippen molar-refractivity contribution in [2.75, 3.05) is 7.05 Å². The Morgan fingerprint density at radius 2 is 2.00 bits per heavy atom. The van der Waals surface area contributed by atoms with Crippen LogP contribution in [0.2, 0.25) is 0 Å². The Morgan fingerprint density at radius 1 is 1.41 bits per heavy atom. The molecule has 1 saturated heterocycles. The number of hydrogen-bond donors (Lipinski definition) is 2. The molecule has 1 fully saturated rings. The fraction of sp³-hybridized carbons (Fsp3) is 0.308. The minimum atomic E-state index is -0.144. The molecule has 1 aliphatic heterocycles. The summed E-state index contributed by atoms with van der Waals surface area (Å²) in [5.74, 6) is 0.322. The van der Waals surface area contributed by atoms with E-state index in [1.54, 1.807) is 24.3 Å². The fourth-order valence-electron chi connectivity index (χ4n) is 1.55. The minimum Gasteiger partial charge on any atom is -0.508 e. The summed E-state index contributed by atoms with van der Waals surface area (Å²) in [6.07, 6.45) is 1.13. The number of rotatable bonds is 1. The van der Waals surface area contributed by atoms with Gasteiger partial charge in [0.25, 0.3) is 0 Å². The van der Waals surface area contributed by atoms with Gasteiger partial charge < -0.3 is 15.2 Å². The van der Waals surface area contributed by atoms with E-state index in [0.717, 1.165) is 12.0 Å². The van der Waals surface area contributed by atoms with E-state index in [1.807, 2.05) is 24.9 Å². The molecule has 92 valence electrons. The monoisotopic (exact) mass is 234 g/mol. The molecule has 1 aromatic rings. The van der Waals surface area contributed by atoms with Crippen LogP contribution in [-0.4, -0.2) is 35.5 Å². The maximum absolute atomic E-state index is 10.4. The van der Waals surface area contributed by atoms with Crippen LogP contribution >= 0.6 is 0 Å². The number of benzene rings is 1. The lowest BCUT2D eigenvalue weighted by atomic mass is 10.3. The van der Waals surface area contributed by atoms with Gasteiger partial charge in [0.05, 0.1) is 6.17 Å². The Bertz CT molecular complexity index is 378. The Kier molecular flexibility index (Phi) is 4.72. The van der Waals surface area contributed by atoms with E-state index < -0.39 is 0 Å². The molecule has 4 nitrogen and oxygen atoms in total. The number of phenols is 1. The summed E-state index contributed by atoms with van der Waals surface area (Å²) < 4.78 is 0. The SMILES string of the molecule is C=C1NC(C)N(C)C1C=O.Oc1ccccc1. The first-order chi connectivity index (χ1) is 8.06. The zero-order chi connectivity index (χ0) is 12.8. The highest BCUT2D eigenvalue weighted by molar-refractivity contribution is 5.63. The van der Waals surface area contributed by atoms with Crippen LogP contribution in [0.4, 0.5) is 0 Å². The molecule has 0 bridgehead atoms. The second-order valence-corrected chi connectivity index (χ2v) is 3.93. The van der Waals surface area contributed by atoms with Crippen LogP contribution in [0.1, 0.15) is 6.92 Å². The topological polar surface area (TPSA) is 52.6 Å². The molecule has 1 aliphatic rings. The second kappa shape index (κ2) is 6.06. The number of likely N-dealkylation sites (N-methyl/N-ethyl adjacent to an activating group) is 1. The first kappa shape index (κ1) is 13.3. The number of aldehydes is 1. The summed E-state index contributed by atoms with van der Waals surface area (Å²) in [5.41, 5.74) is 0.796. The van der Waals surface area contributed by atoms with Crippen molar-refractivity contribution in [1.29, 1.82) is 0 Å². The average Bonchev–Trinajstić information content (AvgIpc) is 2.55. The highest BCUT2D eigenvalue weighted by Gasteiger charge is 2.29. The molecule has 0 aliphatic carbocycles. The predicted molar refractivity (Wildman–Crippen MR) is 67.5 cm³/mol. The van der Waals surface area contributed by atoms with Crippen molar-refractivity contribution < 1.29 is 9.90 Å². The molecule has 1 heterocycles. The summed E-state index contributed by atoms with van der Waals surface area (Å²) >= 11 is 0. The molecule has 2 atom stereocenters. The van der Waals surface area contributed by atoms with E-state index in [1.165, 1.54) is 0 Å². The maximum Gasteiger partial charge on any atom is 0.143 e. The van der Waals surface area contributed by atoms with Crippen molar-refractivity contribution in [3.63, 3.8) is 0 Å². The third kappa shape index (κ3) is 3.60. The van der Waals surface area contributed by atoms with Gasteiger partial charge in [-0.05, 0) is 26.1 Å². The van der Waals surface area contributed by atoms with E-state index in [9.17, 15) is 4.79 Å². The van der Waals surface area contributed by atoms with E-state index in [4.69, 9.17) is 5.11 Å². The third-order valence-corrected chi connectivity index (χ3v) is 2.69. The van der Waals surface area contributed by atoms with Crippen molar-refractivity contribution in [3.05, 3.63) is 42.6 Å². The Balaban J connectivity index is 0.000000181. The van der Waals surface area contributed by atoms with E-state index in [-0.39, 0.29) is 12.2 Å². The average molecular weight is 234 g/mol. The lowest BCUT2D eigenvalue weighted by Gasteiger charge is -2.15. The minimum absolute atomic E-state index is 0.144. The van der Waals surface area contributed by atoms with Gasteiger partial charge in [-0.3, -0.25) is 4.90 Å². The molecule has 2 unspecified atom stereocenters. The first-order valence-electron chi connectivity index (χ1n) is 5.43. The number of carbonyl (C=O) groups excluding carboxylic acids is 1. The van der Waals surface area contributed by atoms with Gasteiger partial charge in [0.15, 0.2) is 0 Å². The summed E-state index contributed by atoms with van der Waals surface area (Å²) in [7, 11) is 1.90. The number of aromatic hydroxyl groups is 1. The highest BCUT2D eigenvalue weighted by Crippen LogP contribution is 2.13. The van der Waals surface area contributed by atoms with Gasteiger partial charge in [0.2, 0.25) is 0 Å². The molecule has 0 aromatic heterocycles. The van der Waals surface area contributed by atoms with Crippen molar-refractivity contribution >= 4 is 6.29 Å². The van der Waals surface area contributed by atoms with Crippen molar-refractivity contribution in [2.45, 2.75) is 19.1 Å². The summed E-state index contributed by atoms with van der Waals surface area (Å²) in [6.45, 7) is 5.72. The molecular weight excluding hydrogens is 216 g/mol. The molecule has 2 N–H and O–H groups in total. The quantitative estimate of drug-likeness (QED) is 0.720. The van der Waals surface area contributed by atoms with Gasteiger partial charge in [-0.2, -0.15) is 0 Å². The number of carbonyl (C=O) groups is 1. The number of hydrogen-bond acceptors (Lipinski definition) is 4. The van der Waals surface area contributed by atoms with Crippen LogP contribution in [0.3, 0.4) is 0 Å². The summed E-state index contributed by atoms with van der Waals surface area (Å²) in [5, 5.41) is 11.7.